The predicted octanol–water partition coefficient (Wildman–Crippen LogP) is 4.27. The number of morpholine rings is 1. The van der Waals surface area contributed by atoms with Gasteiger partial charge in [0.1, 0.15) is 0 Å². The Balaban J connectivity index is 1.69. The quantitative estimate of drug-likeness (QED) is 0.809. The van der Waals surface area contributed by atoms with Crippen molar-refractivity contribution in [3.05, 3.63) is 41.3 Å². The number of hydrogen-bond acceptors (Lipinski definition) is 4. The molecule has 138 valence electrons. The van der Waals surface area contributed by atoms with Crippen molar-refractivity contribution in [2.75, 3.05) is 37.7 Å². The van der Waals surface area contributed by atoms with Crippen LogP contribution < -0.4 is 4.90 Å². The van der Waals surface area contributed by atoms with Gasteiger partial charge in [0.25, 0.3) is 5.91 Å². The zero-order chi connectivity index (χ0) is 17.9. The van der Waals surface area contributed by atoms with Crippen LogP contribution in [0.25, 0.3) is 11.1 Å². The van der Waals surface area contributed by atoms with Crippen LogP contribution >= 0.6 is 11.3 Å². The Morgan fingerprint density at radius 2 is 1.88 bits per heavy atom. The molecule has 5 heteroatoms. The minimum absolute atomic E-state index is 0.193. The third-order valence-electron chi connectivity index (χ3n) is 5.37. The molecule has 2 aliphatic rings. The Labute approximate surface area is 159 Å². The molecule has 2 aromatic rings. The van der Waals surface area contributed by atoms with E-state index < -0.39 is 0 Å². The van der Waals surface area contributed by atoms with Crippen LogP contribution in [0.5, 0.6) is 0 Å². The first-order valence-electron chi connectivity index (χ1n) is 9.57. The van der Waals surface area contributed by atoms with Crippen LogP contribution in [0.4, 0.5) is 5.00 Å². The molecular formula is C21H26N2O2S. The van der Waals surface area contributed by atoms with Crippen molar-refractivity contribution in [1.29, 1.82) is 0 Å². The molecule has 1 amide bonds. The van der Waals surface area contributed by atoms with Gasteiger partial charge in [-0.1, -0.05) is 30.3 Å². The van der Waals surface area contributed by atoms with Crippen molar-refractivity contribution >= 4 is 22.2 Å². The lowest BCUT2D eigenvalue weighted by Crippen LogP contribution is -2.41. The van der Waals surface area contributed by atoms with Crippen molar-refractivity contribution in [3.8, 4) is 11.1 Å². The summed E-state index contributed by atoms with van der Waals surface area (Å²) in [5, 5.41) is 1.20. The monoisotopic (exact) mass is 370 g/mol. The zero-order valence-corrected chi connectivity index (χ0v) is 16.1. The fourth-order valence-electron chi connectivity index (χ4n) is 3.85. The highest BCUT2D eigenvalue weighted by Crippen LogP contribution is 2.40. The van der Waals surface area contributed by atoms with Crippen LogP contribution in [0, 0.1) is 0 Å². The average molecular weight is 371 g/mol. The average Bonchev–Trinajstić information content (AvgIpc) is 3.15. The summed E-state index contributed by atoms with van der Waals surface area (Å²) in [5.74, 6) is 0.193. The number of amides is 1. The first-order chi connectivity index (χ1) is 12.7. The van der Waals surface area contributed by atoms with E-state index >= 15 is 0 Å². The summed E-state index contributed by atoms with van der Waals surface area (Å²) in [6, 6.07) is 12.9. The lowest BCUT2D eigenvalue weighted by molar-refractivity contribution is 0.0640. The predicted molar refractivity (Wildman–Crippen MR) is 107 cm³/mol. The van der Waals surface area contributed by atoms with Crippen molar-refractivity contribution in [2.24, 2.45) is 0 Å². The molecule has 2 fully saturated rings. The van der Waals surface area contributed by atoms with Gasteiger partial charge in [-0.25, -0.2) is 0 Å². The van der Waals surface area contributed by atoms with E-state index in [4.69, 9.17) is 4.74 Å². The third kappa shape index (κ3) is 3.51. The molecule has 0 radical (unpaired) electrons. The van der Waals surface area contributed by atoms with Gasteiger partial charge >= 0.3 is 0 Å². The van der Waals surface area contributed by atoms with Crippen molar-refractivity contribution < 1.29 is 9.53 Å². The van der Waals surface area contributed by atoms with E-state index in [2.05, 4.69) is 47.1 Å². The van der Waals surface area contributed by atoms with Crippen molar-refractivity contribution in [2.45, 2.75) is 32.2 Å². The van der Waals surface area contributed by atoms with Gasteiger partial charge in [-0.05, 0) is 37.8 Å². The molecule has 26 heavy (non-hydrogen) atoms. The third-order valence-corrected chi connectivity index (χ3v) is 6.55. The van der Waals surface area contributed by atoms with Crippen LogP contribution in [0.2, 0.25) is 0 Å². The van der Waals surface area contributed by atoms with E-state index in [1.807, 2.05) is 6.07 Å². The fourth-order valence-corrected chi connectivity index (χ4v) is 5.04. The first kappa shape index (κ1) is 17.6. The molecule has 0 bridgehead atoms. The minimum atomic E-state index is 0.193. The highest BCUT2D eigenvalue weighted by molar-refractivity contribution is 7.18. The normalized spacial score (nSPS) is 21.0. The Hall–Kier alpha value is -1.85. The number of carbonyl (C=O) groups is 1. The second kappa shape index (κ2) is 7.80. The molecule has 1 aromatic heterocycles. The van der Waals surface area contributed by atoms with Crippen LogP contribution in [0.3, 0.4) is 0 Å². The van der Waals surface area contributed by atoms with Gasteiger partial charge in [-0.2, -0.15) is 0 Å². The number of rotatable bonds is 3. The Morgan fingerprint density at radius 1 is 1.12 bits per heavy atom. The SMILES string of the molecule is CC1CCCCN1C(=O)c1cc(-c2ccccc2)c(N2CCOCC2)s1. The standard InChI is InChI=1S/C21H26N2O2S/c1-16-7-5-6-10-23(16)20(24)19-15-18(17-8-3-2-4-9-17)21(26-19)22-11-13-25-14-12-22/h2-4,8-9,15-16H,5-7,10-14H2,1H3. The summed E-state index contributed by atoms with van der Waals surface area (Å²) >= 11 is 1.64. The maximum absolute atomic E-state index is 13.2. The molecule has 1 atom stereocenters. The molecule has 1 aromatic carbocycles. The topological polar surface area (TPSA) is 32.8 Å². The maximum Gasteiger partial charge on any atom is 0.264 e. The number of carbonyl (C=O) groups excluding carboxylic acids is 1. The molecule has 1 unspecified atom stereocenters. The second-order valence-corrected chi connectivity index (χ2v) is 8.17. The van der Waals surface area contributed by atoms with Gasteiger partial charge in [0.2, 0.25) is 0 Å². The van der Waals surface area contributed by atoms with E-state index in [0.29, 0.717) is 6.04 Å². The summed E-state index contributed by atoms with van der Waals surface area (Å²) in [7, 11) is 0. The number of anilines is 1. The molecule has 0 saturated carbocycles. The van der Waals surface area contributed by atoms with Gasteiger partial charge < -0.3 is 14.5 Å². The second-order valence-electron chi connectivity index (χ2n) is 7.14. The number of benzene rings is 1. The van der Waals surface area contributed by atoms with Crippen LogP contribution in [-0.4, -0.2) is 49.7 Å². The number of hydrogen-bond donors (Lipinski definition) is 0. The Morgan fingerprint density at radius 3 is 2.62 bits per heavy atom. The van der Waals surface area contributed by atoms with Gasteiger partial charge in [0, 0.05) is 31.2 Å². The van der Waals surface area contributed by atoms with Crippen LogP contribution in [0.15, 0.2) is 36.4 Å². The summed E-state index contributed by atoms with van der Waals surface area (Å²) in [4.78, 5) is 18.5. The van der Waals surface area contributed by atoms with E-state index in [1.54, 1.807) is 11.3 Å². The lowest BCUT2D eigenvalue weighted by atomic mass is 10.0. The number of ether oxygens (including phenoxy) is 1. The number of likely N-dealkylation sites (tertiary alicyclic amines) is 1. The van der Waals surface area contributed by atoms with Gasteiger partial charge in [0.15, 0.2) is 0 Å². The Bertz CT molecular complexity index is 753. The summed E-state index contributed by atoms with van der Waals surface area (Å²) < 4.78 is 5.52. The van der Waals surface area contributed by atoms with Gasteiger partial charge in [0.05, 0.1) is 23.1 Å². The summed E-state index contributed by atoms with van der Waals surface area (Å²) in [6.45, 7) is 6.32. The number of nitrogens with zero attached hydrogens (tertiary/aromatic N) is 2. The molecule has 2 aliphatic heterocycles. The number of piperidine rings is 1. The molecule has 0 spiro atoms. The molecule has 0 aliphatic carbocycles. The van der Waals surface area contributed by atoms with Crippen LogP contribution in [0.1, 0.15) is 35.9 Å². The van der Waals surface area contributed by atoms with Gasteiger partial charge in [-0.15, -0.1) is 11.3 Å². The van der Waals surface area contributed by atoms with E-state index in [-0.39, 0.29) is 5.91 Å². The molecular weight excluding hydrogens is 344 g/mol. The molecule has 3 heterocycles. The lowest BCUT2D eigenvalue weighted by Gasteiger charge is -2.33. The van der Waals surface area contributed by atoms with Crippen LogP contribution in [-0.2, 0) is 4.74 Å². The smallest absolute Gasteiger partial charge is 0.264 e. The van der Waals surface area contributed by atoms with Crippen molar-refractivity contribution in [1.82, 2.24) is 4.90 Å². The van der Waals surface area contributed by atoms with E-state index in [0.717, 1.165) is 50.6 Å². The number of thiophene rings is 1. The van der Waals surface area contributed by atoms with Crippen molar-refractivity contribution in [3.63, 3.8) is 0 Å². The molecule has 2 saturated heterocycles. The largest absolute Gasteiger partial charge is 0.378 e. The summed E-state index contributed by atoms with van der Waals surface area (Å²) in [6.07, 6.45) is 3.45. The van der Waals surface area contributed by atoms with E-state index in [9.17, 15) is 4.79 Å². The van der Waals surface area contributed by atoms with Gasteiger partial charge in [-0.3, -0.25) is 4.79 Å². The fraction of sp³-hybridized carbons (Fsp3) is 0.476. The molecule has 4 nitrogen and oxygen atoms in total. The highest BCUT2D eigenvalue weighted by Gasteiger charge is 2.28. The molecule has 4 rings (SSSR count). The first-order valence-corrected chi connectivity index (χ1v) is 10.4. The summed E-state index contributed by atoms with van der Waals surface area (Å²) in [5.41, 5.74) is 2.35. The maximum atomic E-state index is 13.2. The van der Waals surface area contributed by atoms with E-state index in [1.165, 1.54) is 22.5 Å². The Kier molecular flexibility index (Phi) is 5.27. The highest BCUT2D eigenvalue weighted by atomic mass is 32.1. The molecule has 0 N–H and O–H groups in total. The zero-order valence-electron chi connectivity index (χ0n) is 15.3. The minimum Gasteiger partial charge on any atom is -0.378 e.